The van der Waals surface area contributed by atoms with E-state index in [1.54, 1.807) is 19.1 Å². The van der Waals surface area contributed by atoms with Gasteiger partial charge in [-0.1, -0.05) is 0 Å². The molecular weight excluding hydrogens is 251 g/mol. The molecule has 0 radical (unpaired) electrons. The Morgan fingerprint density at radius 2 is 2.00 bits per heavy atom. The summed E-state index contributed by atoms with van der Waals surface area (Å²) in [7, 11) is 3.21. The number of amides is 1. The molecule has 5 nitrogen and oxygen atoms in total. The average molecular weight is 261 g/mol. The Labute approximate surface area is 100.0 Å². The number of nitrogens with zero attached hydrogens (tertiary/aromatic N) is 2. The number of hydrogen-bond acceptors (Lipinski definition) is 2. The molecule has 1 aromatic heterocycles. The summed E-state index contributed by atoms with van der Waals surface area (Å²) in [5.41, 5.74) is -2.77. The Balaban J connectivity index is 3.07. The van der Waals surface area contributed by atoms with E-state index in [2.05, 4.69) is 4.99 Å². The Morgan fingerprint density at radius 1 is 1.39 bits per heavy atom. The van der Waals surface area contributed by atoms with Crippen molar-refractivity contribution in [2.75, 3.05) is 14.1 Å². The van der Waals surface area contributed by atoms with Gasteiger partial charge in [0.15, 0.2) is 0 Å². The highest BCUT2D eigenvalue weighted by molar-refractivity contribution is 5.98. The van der Waals surface area contributed by atoms with Gasteiger partial charge in [0, 0.05) is 14.1 Å². The highest BCUT2D eigenvalue weighted by atomic mass is 19.4. The van der Waals surface area contributed by atoms with Crippen LogP contribution in [0.25, 0.3) is 0 Å². The first-order chi connectivity index (χ1) is 8.21. The molecule has 0 atom stereocenters. The van der Waals surface area contributed by atoms with E-state index in [9.17, 15) is 22.8 Å². The second-order valence-electron chi connectivity index (χ2n) is 3.63. The minimum absolute atomic E-state index is 0.443. The van der Waals surface area contributed by atoms with Crippen molar-refractivity contribution in [1.29, 1.82) is 0 Å². The van der Waals surface area contributed by atoms with Crippen LogP contribution in [0, 0.1) is 0 Å². The molecule has 98 valence electrons. The fourth-order valence-electron chi connectivity index (χ4n) is 1.04. The van der Waals surface area contributed by atoms with Crippen LogP contribution in [-0.2, 0) is 6.18 Å². The molecule has 1 N–H and O–H groups in total. The molecule has 18 heavy (non-hydrogen) atoms. The van der Waals surface area contributed by atoms with Crippen LogP contribution < -0.4 is 5.56 Å². The van der Waals surface area contributed by atoms with Crippen molar-refractivity contribution in [1.82, 2.24) is 9.88 Å². The summed E-state index contributed by atoms with van der Waals surface area (Å²) in [6.45, 7) is 0. The number of halogens is 3. The maximum atomic E-state index is 12.3. The van der Waals surface area contributed by atoms with Gasteiger partial charge in [-0.05, 0) is 12.1 Å². The van der Waals surface area contributed by atoms with Gasteiger partial charge in [-0.2, -0.15) is 18.2 Å². The predicted octanol–water partition coefficient (Wildman–Crippen LogP) is 1.12. The monoisotopic (exact) mass is 261 g/mol. The van der Waals surface area contributed by atoms with Gasteiger partial charge in [0.25, 0.3) is 11.5 Å². The molecule has 0 saturated carbocycles. The summed E-state index contributed by atoms with van der Waals surface area (Å²) in [6.07, 6.45) is -3.51. The van der Waals surface area contributed by atoms with Crippen LogP contribution in [0.3, 0.4) is 0 Å². The maximum Gasteiger partial charge on any atom is 0.431 e. The van der Waals surface area contributed by atoms with Gasteiger partial charge >= 0.3 is 6.18 Å². The fourth-order valence-corrected chi connectivity index (χ4v) is 1.04. The fraction of sp³-hybridized carbons (Fsp3) is 0.300. The molecule has 0 fully saturated rings. The van der Waals surface area contributed by atoms with E-state index >= 15 is 0 Å². The molecule has 1 rings (SSSR count). The van der Waals surface area contributed by atoms with Gasteiger partial charge < -0.3 is 9.88 Å². The van der Waals surface area contributed by atoms with E-state index in [0.29, 0.717) is 6.07 Å². The lowest BCUT2D eigenvalue weighted by molar-refractivity contribution is -0.141. The number of aliphatic imine (C=N–C) groups is 1. The third-order valence-electron chi connectivity index (χ3n) is 1.85. The number of aromatic amines is 1. The minimum atomic E-state index is -4.66. The molecule has 8 heteroatoms. The van der Waals surface area contributed by atoms with E-state index in [-0.39, 0.29) is 0 Å². The smallest absolute Gasteiger partial charge is 0.369 e. The van der Waals surface area contributed by atoms with Gasteiger partial charge in [0.1, 0.15) is 11.3 Å². The van der Waals surface area contributed by atoms with Gasteiger partial charge in [0.05, 0.1) is 6.34 Å². The van der Waals surface area contributed by atoms with Crippen LogP contribution in [0.1, 0.15) is 16.1 Å². The lowest BCUT2D eigenvalue weighted by Crippen LogP contribution is -2.22. The van der Waals surface area contributed by atoms with Crippen LogP contribution in [0.15, 0.2) is 21.9 Å². The molecule has 0 aliphatic rings. The molecule has 0 aliphatic heterocycles. The van der Waals surface area contributed by atoms with E-state index in [0.717, 1.165) is 12.4 Å². The minimum Gasteiger partial charge on any atom is -0.369 e. The third kappa shape index (κ3) is 3.44. The molecule has 1 aromatic rings. The van der Waals surface area contributed by atoms with Crippen LogP contribution in [-0.4, -0.2) is 36.2 Å². The van der Waals surface area contributed by atoms with Gasteiger partial charge in [-0.3, -0.25) is 9.59 Å². The molecule has 1 amide bonds. The molecule has 0 unspecified atom stereocenters. The van der Waals surface area contributed by atoms with Crippen LogP contribution >= 0.6 is 0 Å². The van der Waals surface area contributed by atoms with Crippen LogP contribution in [0.4, 0.5) is 13.2 Å². The van der Waals surface area contributed by atoms with Gasteiger partial charge in [-0.25, -0.2) is 0 Å². The number of hydrogen-bond donors (Lipinski definition) is 1. The number of alkyl halides is 3. The Morgan fingerprint density at radius 3 is 2.44 bits per heavy atom. The number of carbonyl (C=O) groups excluding carboxylic acids is 1. The topological polar surface area (TPSA) is 65.5 Å². The highest BCUT2D eigenvalue weighted by Gasteiger charge is 2.32. The molecule has 1 heterocycles. The van der Waals surface area contributed by atoms with Gasteiger partial charge in [-0.15, -0.1) is 0 Å². The SMILES string of the molecule is CN(C)C=NC(=O)c1ccc(C(F)(F)F)[nH]c1=O. The first kappa shape index (κ1) is 13.9. The summed E-state index contributed by atoms with van der Waals surface area (Å²) >= 11 is 0. The van der Waals surface area contributed by atoms with Crippen molar-refractivity contribution >= 4 is 12.2 Å². The molecule has 0 aromatic carbocycles. The molecule has 0 bridgehead atoms. The maximum absolute atomic E-state index is 12.3. The Hall–Kier alpha value is -2.12. The van der Waals surface area contributed by atoms with Crippen molar-refractivity contribution in [2.45, 2.75) is 6.18 Å². The van der Waals surface area contributed by atoms with Crippen molar-refractivity contribution in [3.63, 3.8) is 0 Å². The summed E-state index contributed by atoms with van der Waals surface area (Å²) in [4.78, 5) is 29.2. The normalized spacial score (nSPS) is 11.8. The first-order valence-corrected chi connectivity index (χ1v) is 4.77. The quantitative estimate of drug-likeness (QED) is 0.641. The van der Waals surface area contributed by atoms with Crippen molar-refractivity contribution in [2.24, 2.45) is 4.99 Å². The molecule has 0 spiro atoms. The summed E-state index contributed by atoms with van der Waals surface area (Å²) in [5.74, 6) is -0.904. The van der Waals surface area contributed by atoms with Crippen LogP contribution in [0.2, 0.25) is 0 Å². The first-order valence-electron chi connectivity index (χ1n) is 4.77. The van der Waals surface area contributed by atoms with Crippen LogP contribution in [0.5, 0.6) is 0 Å². The predicted molar refractivity (Wildman–Crippen MR) is 58.6 cm³/mol. The van der Waals surface area contributed by atoms with E-state index in [4.69, 9.17) is 0 Å². The summed E-state index contributed by atoms with van der Waals surface area (Å²) in [5, 5.41) is 0. The van der Waals surface area contributed by atoms with E-state index < -0.39 is 28.9 Å². The standard InChI is InChI=1S/C10H10F3N3O2/c1-16(2)5-14-8(17)6-3-4-7(10(11,12)13)15-9(6)18/h3-5H,1-2H3,(H,15,18). The Bertz CT molecular complexity index is 532. The summed E-state index contributed by atoms with van der Waals surface area (Å²) < 4.78 is 36.8. The Kier molecular flexibility index (Phi) is 3.89. The lowest BCUT2D eigenvalue weighted by atomic mass is 10.2. The molecule has 0 saturated heterocycles. The number of rotatable bonds is 2. The van der Waals surface area contributed by atoms with E-state index in [1.165, 1.54) is 4.90 Å². The summed E-state index contributed by atoms with van der Waals surface area (Å²) in [6, 6.07) is 1.43. The zero-order chi connectivity index (χ0) is 13.9. The largest absolute Gasteiger partial charge is 0.431 e. The van der Waals surface area contributed by atoms with Crippen molar-refractivity contribution in [3.8, 4) is 0 Å². The lowest BCUT2D eigenvalue weighted by Gasteiger charge is -2.06. The molecular formula is C10H10F3N3O2. The number of H-pyrrole nitrogens is 1. The van der Waals surface area contributed by atoms with Gasteiger partial charge in [0.2, 0.25) is 0 Å². The molecule has 0 aliphatic carbocycles. The van der Waals surface area contributed by atoms with Crippen molar-refractivity contribution < 1.29 is 18.0 Å². The zero-order valence-corrected chi connectivity index (χ0v) is 9.58. The third-order valence-corrected chi connectivity index (χ3v) is 1.85. The number of carbonyl (C=O) groups is 1. The average Bonchev–Trinajstić information content (AvgIpc) is 2.24. The number of pyridine rings is 1. The van der Waals surface area contributed by atoms with E-state index in [1.807, 2.05) is 0 Å². The second kappa shape index (κ2) is 5.03. The number of aromatic nitrogens is 1. The van der Waals surface area contributed by atoms with Crippen molar-refractivity contribution in [3.05, 3.63) is 33.7 Å². The zero-order valence-electron chi connectivity index (χ0n) is 9.58. The number of nitrogens with one attached hydrogen (secondary N) is 1. The second-order valence-corrected chi connectivity index (χ2v) is 3.63. The highest BCUT2D eigenvalue weighted by Crippen LogP contribution is 2.26.